The average molecular weight is 218 g/mol. The number of carbonyl (C=O) groups is 2. The first kappa shape index (κ1) is 13.9. The van der Waals surface area contributed by atoms with Crippen molar-refractivity contribution in [2.75, 3.05) is 13.2 Å². The normalized spacial score (nSPS) is 11.9. The molecule has 0 spiro atoms. The van der Waals surface area contributed by atoms with Gasteiger partial charge in [-0.15, -0.1) is 0 Å². The molecule has 1 N–H and O–H groups in total. The minimum Gasteiger partial charge on any atom is -0.466 e. The van der Waals surface area contributed by atoms with E-state index >= 15 is 0 Å². The van der Waals surface area contributed by atoms with E-state index in [4.69, 9.17) is 9.47 Å². The quantitative estimate of drug-likeness (QED) is 0.635. The van der Waals surface area contributed by atoms with Crippen LogP contribution in [0.4, 0.5) is 0 Å². The Bertz CT molecular complexity index is 202. The van der Waals surface area contributed by atoms with Gasteiger partial charge in [0.05, 0.1) is 12.7 Å². The summed E-state index contributed by atoms with van der Waals surface area (Å²) in [5, 5.41) is 9.31. The fourth-order valence-electron chi connectivity index (χ4n) is 0.785. The van der Waals surface area contributed by atoms with E-state index in [0.29, 0.717) is 6.42 Å². The first-order valence-corrected chi connectivity index (χ1v) is 5.09. The zero-order valence-corrected chi connectivity index (χ0v) is 9.19. The Balaban J connectivity index is 3.45. The van der Waals surface area contributed by atoms with E-state index < -0.39 is 6.10 Å². The van der Waals surface area contributed by atoms with Gasteiger partial charge in [-0.2, -0.15) is 0 Å². The maximum absolute atomic E-state index is 10.7. The van der Waals surface area contributed by atoms with Gasteiger partial charge < -0.3 is 14.6 Å². The Kier molecular flexibility index (Phi) is 7.62. The van der Waals surface area contributed by atoms with Gasteiger partial charge in [0.15, 0.2) is 0 Å². The number of hydrogen-bond donors (Lipinski definition) is 1. The molecule has 1 unspecified atom stereocenters. The van der Waals surface area contributed by atoms with Gasteiger partial charge in [-0.25, -0.2) is 0 Å². The summed E-state index contributed by atoms with van der Waals surface area (Å²) in [6, 6.07) is 0. The third-order valence-corrected chi connectivity index (χ3v) is 1.73. The van der Waals surface area contributed by atoms with E-state index in [1.807, 2.05) is 0 Å². The predicted molar refractivity (Wildman–Crippen MR) is 53.1 cm³/mol. The van der Waals surface area contributed by atoms with E-state index in [1.54, 1.807) is 13.8 Å². The van der Waals surface area contributed by atoms with Crippen LogP contribution >= 0.6 is 0 Å². The predicted octanol–water partition coefficient (Wildman–Crippen LogP) is 0.644. The van der Waals surface area contributed by atoms with Crippen molar-refractivity contribution in [2.45, 2.75) is 39.2 Å². The topological polar surface area (TPSA) is 72.8 Å². The van der Waals surface area contributed by atoms with Crippen molar-refractivity contribution >= 4 is 11.9 Å². The van der Waals surface area contributed by atoms with Gasteiger partial charge in [-0.05, 0) is 0 Å². The second-order valence-electron chi connectivity index (χ2n) is 3.05. The van der Waals surface area contributed by atoms with Crippen LogP contribution in [0.25, 0.3) is 0 Å². The Hall–Kier alpha value is -1.10. The van der Waals surface area contributed by atoms with E-state index in [0.717, 1.165) is 0 Å². The molecule has 15 heavy (non-hydrogen) atoms. The van der Waals surface area contributed by atoms with Gasteiger partial charge in [-0.3, -0.25) is 9.59 Å². The number of rotatable bonds is 7. The lowest BCUT2D eigenvalue weighted by Gasteiger charge is -2.10. The van der Waals surface area contributed by atoms with Gasteiger partial charge in [-0.1, -0.05) is 13.8 Å². The van der Waals surface area contributed by atoms with Gasteiger partial charge in [0.25, 0.3) is 0 Å². The zero-order chi connectivity index (χ0) is 11.7. The first-order chi connectivity index (χ1) is 7.10. The Morgan fingerprint density at radius 3 is 2.20 bits per heavy atom. The summed E-state index contributed by atoms with van der Waals surface area (Å²) in [4.78, 5) is 21.4. The molecule has 0 aromatic carbocycles. The molecular weight excluding hydrogens is 200 g/mol. The summed E-state index contributed by atoms with van der Waals surface area (Å²) >= 11 is 0. The molecule has 0 fully saturated rings. The molecule has 5 nitrogen and oxygen atoms in total. The third-order valence-electron chi connectivity index (χ3n) is 1.73. The highest BCUT2D eigenvalue weighted by Crippen LogP contribution is 1.96. The molecule has 88 valence electrons. The molecule has 0 heterocycles. The van der Waals surface area contributed by atoms with Gasteiger partial charge >= 0.3 is 11.9 Å². The number of ether oxygens (including phenoxy) is 2. The lowest BCUT2D eigenvalue weighted by Crippen LogP contribution is -2.20. The van der Waals surface area contributed by atoms with Crippen LogP contribution in [-0.2, 0) is 19.1 Å². The highest BCUT2D eigenvalue weighted by molar-refractivity contribution is 5.69. The van der Waals surface area contributed by atoms with Gasteiger partial charge in [0.2, 0.25) is 0 Å². The second-order valence-corrected chi connectivity index (χ2v) is 3.05. The smallest absolute Gasteiger partial charge is 0.305 e. The van der Waals surface area contributed by atoms with Crippen LogP contribution in [0.1, 0.15) is 33.1 Å². The molecule has 0 aromatic rings. The molecule has 0 bridgehead atoms. The van der Waals surface area contributed by atoms with Crippen molar-refractivity contribution in [3.8, 4) is 0 Å². The van der Waals surface area contributed by atoms with E-state index in [9.17, 15) is 14.7 Å². The highest BCUT2D eigenvalue weighted by atomic mass is 16.5. The van der Waals surface area contributed by atoms with Crippen LogP contribution in [0.5, 0.6) is 0 Å². The number of carbonyl (C=O) groups excluding carboxylic acids is 2. The van der Waals surface area contributed by atoms with Crippen molar-refractivity contribution in [1.29, 1.82) is 0 Å². The van der Waals surface area contributed by atoms with E-state index in [-0.39, 0.29) is 38.0 Å². The molecule has 0 amide bonds. The van der Waals surface area contributed by atoms with Crippen LogP contribution in [0.15, 0.2) is 0 Å². The molecular formula is C10H18O5. The summed E-state index contributed by atoms with van der Waals surface area (Å²) in [5.74, 6) is -0.646. The number of aliphatic hydroxyl groups excluding tert-OH is 1. The van der Waals surface area contributed by atoms with Crippen LogP contribution in [0.2, 0.25) is 0 Å². The largest absolute Gasteiger partial charge is 0.466 e. The molecule has 0 radical (unpaired) electrons. The van der Waals surface area contributed by atoms with Crippen LogP contribution in [0, 0.1) is 0 Å². The molecule has 0 saturated heterocycles. The summed E-state index contributed by atoms with van der Waals surface area (Å²) in [7, 11) is 0. The SMILES string of the molecule is CCC(=O)OCCC(O)COC(=O)CC. The summed E-state index contributed by atoms with van der Waals surface area (Å²) in [6.45, 7) is 3.48. The Morgan fingerprint density at radius 1 is 1.13 bits per heavy atom. The minimum atomic E-state index is -0.773. The monoisotopic (exact) mass is 218 g/mol. The van der Waals surface area contributed by atoms with Gasteiger partial charge in [0.1, 0.15) is 6.61 Å². The maximum Gasteiger partial charge on any atom is 0.305 e. The van der Waals surface area contributed by atoms with Crippen LogP contribution in [-0.4, -0.2) is 36.4 Å². The minimum absolute atomic E-state index is 0.0453. The van der Waals surface area contributed by atoms with Crippen LogP contribution in [0.3, 0.4) is 0 Å². The van der Waals surface area contributed by atoms with Crippen molar-refractivity contribution < 1.29 is 24.2 Å². The van der Waals surface area contributed by atoms with Crippen molar-refractivity contribution in [3.05, 3.63) is 0 Å². The lowest BCUT2D eigenvalue weighted by molar-refractivity contribution is -0.149. The van der Waals surface area contributed by atoms with Gasteiger partial charge in [0, 0.05) is 19.3 Å². The molecule has 0 saturated carbocycles. The summed E-state index contributed by atoms with van der Waals surface area (Å²) in [6.07, 6.45) is 0.117. The molecule has 1 atom stereocenters. The third kappa shape index (κ3) is 7.93. The standard InChI is InChI=1S/C10H18O5/c1-3-9(12)14-6-5-8(11)7-15-10(13)4-2/h8,11H,3-7H2,1-2H3. The number of aliphatic hydroxyl groups is 1. The number of esters is 2. The summed E-state index contributed by atoms with van der Waals surface area (Å²) in [5.41, 5.74) is 0. The fraction of sp³-hybridized carbons (Fsp3) is 0.800. The zero-order valence-electron chi connectivity index (χ0n) is 9.19. The Labute approximate surface area is 89.4 Å². The Morgan fingerprint density at radius 2 is 1.67 bits per heavy atom. The van der Waals surface area contributed by atoms with Crippen molar-refractivity contribution in [1.82, 2.24) is 0 Å². The second kappa shape index (κ2) is 8.23. The van der Waals surface area contributed by atoms with E-state index in [1.165, 1.54) is 0 Å². The first-order valence-electron chi connectivity index (χ1n) is 5.09. The average Bonchev–Trinajstić information content (AvgIpc) is 2.25. The fourth-order valence-corrected chi connectivity index (χ4v) is 0.785. The molecule has 5 heteroatoms. The highest BCUT2D eigenvalue weighted by Gasteiger charge is 2.08. The molecule has 0 aromatic heterocycles. The molecule has 0 aliphatic carbocycles. The maximum atomic E-state index is 10.7. The number of hydrogen-bond acceptors (Lipinski definition) is 5. The molecule has 0 aliphatic heterocycles. The van der Waals surface area contributed by atoms with E-state index in [2.05, 4.69) is 0 Å². The molecule has 0 aliphatic rings. The summed E-state index contributed by atoms with van der Waals surface area (Å²) < 4.78 is 9.46. The van der Waals surface area contributed by atoms with Crippen molar-refractivity contribution in [2.24, 2.45) is 0 Å². The molecule has 0 rings (SSSR count). The van der Waals surface area contributed by atoms with Crippen molar-refractivity contribution in [3.63, 3.8) is 0 Å². The van der Waals surface area contributed by atoms with Crippen LogP contribution < -0.4 is 0 Å². The lowest BCUT2D eigenvalue weighted by atomic mass is 10.3.